The molecule has 1 aliphatic heterocycles. The summed E-state index contributed by atoms with van der Waals surface area (Å²) >= 11 is 1.52. The smallest absolute Gasteiger partial charge is 0.248 e. The molecule has 0 spiro atoms. The Morgan fingerprint density at radius 2 is 1.84 bits per heavy atom. The molecule has 8 heteroatoms. The lowest BCUT2D eigenvalue weighted by molar-refractivity contribution is -0.127. The van der Waals surface area contributed by atoms with E-state index in [1.165, 1.54) is 17.8 Å². The Morgan fingerprint density at radius 3 is 2.59 bits per heavy atom. The largest absolute Gasteiger partial charge is 0.497 e. The number of methoxy groups -OCH3 is 1. The highest BCUT2D eigenvalue weighted by atomic mass is 32.1. The fourth-order valence-electron chi connectivity index (χ4n) is 5.02. The summed E-state index contributed by atoms with van der Waals surface area (Å²) in [5.74, 6) is 1.45. The summed E-state index contributed by atoms with van der Waals surface area (Å²) in [6.45, 7) is 0.907. The van der Waals surface area contributed by atoms with E-state index < -0.39 is 6.04 Å². The van der Waals surface area contributed by atoms with Crippen molar-refractivity contribution >= 4 is 28.8 Å². The summed E-state index contributed by atoms with van der Waals surface area (Å²) in [6, 6.07) is 15.9. The van der Waals surface area contributed by atoms with Crippen molar-refractivity contribution in [2.24, 2.45) is 0 Å². The average molecular weight is 521 g/mol. The summed E-state index contributed by atoms with van der Waals surface area (Å²) in [4.78, 5) is 30.6. The van der Waals surface area contributed by atoms with Gasteiger partial charge in [-0.2, -0.15) is 0 Å². The maximum absolute atomic E-state index is 14.0. The number of rotatable bonds is 8. The standard InChI is InChI=1S/C29H32N2O5S/c1-34-23-10-5-7-20(17-23)28(29(33)30-21-8-3-2-4-9-21)31(27(32)19-24-11-6-16-37-24)22-12-13-25-26(18-22)36-15-14-35-25/h5-7,10-13,16-18,21,28H,2-4,8-9,14-15,19H2,1H3,(H,30,33). The van der Waals surface area contributed by atoms with Crippen molar-refractivity contribution in [2.45, 2.75) is 50.6 Å². The Morgan fingerprint density at radius 1 is 1.03 bits per heavy atom. The lowest BCUT2D eigenvalue weighted by atomic mass is 9.94. The number of benzene rings is 2. The summed E-state index contributed by atoms with van der Waals surface area (Å²) < 4.78 is 17.0. The van der Waals surface area contributed by atoms with Crippen LogP contribution in [0.3, 0.4) is 0 Å². The molecule has 7 nitrogen and oxygen atoms in total. The van der Waals surface area contributed by atoms with Gasteiger partial charge in [0.05, 0.1) is 13.5 Å². The number of hydrogen-bond acceptors (Lipinski definition) is 6. The molecule has 194 valence electrons. The van der Waals surface area contributed by atoms with Crippen molar-refractivity contribution in [3.63, 3.8) is 0 Å². The molecule has 1 N–H and O–H groups in total. The molecular weight excluding hydrogens is 488 g/mol. The summed E-state index contributed by atoms with van der Waals surface area (Å²) in [5.41, 5.74) is 1.26. The van der Waals surface area contributed by atoms with Crippen LogP contribution in [0.4, 0.5) is 5.69 Å². The van der Waals surface area contributed by atoms with E-state index in [1.54, 1.807) is 24.1 Å². The van der Waals surface area contributed by atoms with Gasteiger partial charge in [-0.1, -0.05) is 37.5 Å². The second-order valence-corrected chi connectivity index (χ2v) is 10.4. The zero-order chi connectivity index (χ0) is 25.6. The highest BCUT2D eigenvalue weighted by Gasteiger charge is 2.35. The first-order chi connectivity index (χ1) is 18.1. The highest BCUT2D eigenvalue weighted by molar-refractivity contribution is 7.10. The summed E-state index contributed by atoms with van der Waals surface area (Å²) in [5, 5.41) is 5.20. The molecule has 1 atom stereocenters. The lowest BCUT2D eigenvalue weighted by Crippen LogP contribution is -2.47. The van der Waals surface area contributed by atoms with Gasteiger partial charge in [0, 0.05) is 22.7 Å². The third-order valence-corrected chi connectivity index (χ3v) is 7.72. The molecule has 2 heterocycles. The number of fused-ring (bicyclic) bond motifs is 1. The fourth-order valence-corrected chi connectivity index (χ4v) is 5.72. The maximum Gasteiger partial charge on any atom is 0.248 e. The molecular formula is C29H32N2O5S. The molecule has 2 aliphatic rings. The van der Waals surface area contributed by atoms with Crippen LogP contribution in [0.2, 0.25) is 0 Å². The van der Waals surface area contributed by atoms with Crippen molar-refractivity contribution in [3.8, 4) is 17.2 Å². The van der Waals surface area contributed by atoms with E-state index in [0.717, 1.165) is 30.6 Å². The van der Waals surface area contributed by atoms with Crippen LogP contribution in [0.5, 0.6) is 17.2 Å². The van der Waals surface area contributed by atoms with Gasteiger partial charge in [0.25, 0.3) is 0 Å². The fraction of sp³-hybridized carbons (Fsp3) is 0.379. The lowest BCUT2D eigenvalue weighted by Gasteiger charge is -2.34. The number of hydrogen-bond donors (Lipinski definition) is 1. The van der Waals surface area contributed by atoms with Crippen LogP contribution in [-0.4, -0.2) is 38.2 Å². The van der Waals surface area contributed by atoms with E-state index in [2.05, 4.69) is 5.32 Å². The quantitative estimate of drug-likeness (QED) is 0.437. The number of nitrogens with zero attached hydrogens (tertiary/aromatic N) is 1. The molecule has 1 aliphatic carbocycles. The number of thiophene rings is 1. The Hall–Kier alpha value is -3.52. The average Bonchev–Trinajstić information content (AvgIpc) is 3.45. The van der Waals surface area contributed by atoms with E-state index in [-0.39, 0.29) is 24.3 Å². The molecule has 0 saturated heterocycles. The van der Waals surface area contributed by atoms with Gasteiger partial charge in [0.1, 0.15) is 25.0 Å². The minimum Gasteiger partial charge on any atom is -0.497 e. The van der Waals surface area contributed by atoms with Crippen LogP contribution in [-0.2, 0) is 16.0 Å². The van der Waals surface area contributed by atoms with Gasteiger partial charge in [-0.25, -0.2) is 0 Å². The van der Waals surface area contributed by atoms with Crippen molar-refractivity contribution in [2.75, 3.05) is 25.2 Å². The first kappa shape index (κ1) is 25.1. The molecule has 37 heavy (non-hydrogen) atoms. The van der Waals surface area contributed by atoms with Gasteiger partial charge in [0.15, 0.2) is 11.5 Å². The van der Waals surface area contributed by atoms with Crippen molar-refractivity contribution < 1.29 is 23.8 Å². The Labute approximate surface area is 221 Å². The van der Waals surface area contributed by atoms with Crippen LogP contribution < -0.4 is 24.4 Å². The first-order valence-electron chi connectivity index (χ1n) is 12.8. The number of ether oxygens (including phenoxy) is 3. The number of carbonyl (C=O) groups excluding carboxylic acids is 2. The minimum absolute atomic E-state index is 0.101. The maximum atomic E-state index is 14.0. The van der Waals surface area contributed by atoms with E-state index in [9.17, 15) is 9.59 Å². The molecule has 1 saturated carbocycles. The number of carbonyl (C=O) groups is 2. The molecule has 1 unspecified atom stereocenters. The first-order valence-corrected chi connectivity index (χ1v) is 13.7. The molecule has 1 aromatic heterocycles. The summed E-state index contributed by atoms with van der Waals surface area (Å²) in [6.07, 6.45) is 5.46. The minimum atomic E-state index is -0.882. The van der Waals surface area contributed by atoms with E-state index >= 15 is 0 Å². The second-order valence-electron chi connectivity index (χ2n) is 9.37. The molecule has 2 aromatic carbocycles. The SMILES string of the molecule is COc1cccc(C(C(=O)NC2CCCCC2)N(C(=O)Cc2cccs2)c2ccc3c(c2)OCCO3)c1. The normalized spacial score (nSPS) is 16.0. The van der Waals surface area contributed by atoms with Crippen molar-refractivity contribution in [1.29, 1.82) is 0 Å². The van der Waals surface area contributed by atoms with Crippen molar-refractivity contribution in [3.05, 3.63) is 70.4 Å². The molecule has 1 fully saturated rings. The molecule has 5 rings (SSSR count). The van der Waals surface area contributed by atoms with Crippen LogP contribution in [0, 0.1) is 0 Å². The van der Waals surface area contributed by atoms with Gasteiger partial charge in [-0.15, -0.1) is 11.3 Å². The van der Waals surface area contributed by atoms with Crippen LogP contribution >= 0.6 is 11.3 Å². The topological polar surface area (TPSA) is 77.1 Å². The Kier molecular flexibility index (Phi) is 7.94. The Bertz CT molecular complexity index is 1220. The monoisotopic (exact) mass is 520 g/mol. The number of nitrogens with one attached hydrogen (secondary N) is 1. The van der Waals surface area contributed by atoms with Crippen LogP contribution in [0.25, 0.3) is 0 Å². The van der Waals surface area contributed by atoms with Gasteiger partial charge in [0.2, 0.25) is 11.8 Å². The van der Waals surface area contributed by atoms with E-state index in [1.807, 2.05) is 47.8 Å². The molecule has 0 radical (unpaired) electrons. The van der Waals surface area contributed by atoms with E-state index in [0.29, 0.717) is 41.7 Å². The zero-order valence-electron chi connectivity index (χ0n) is 21.0. The summed E-state index contributed by atoms with van der Waals surface area (Å²) in [7, 11) is 1.59. The number of anilines is 1. The third-order valence-electron chi connectivity index (χ3n) is 6.85. The van der Waals surface area contributed by atoms with Crippen LogP contribution in [0.15, 0.2) is 60.0 Å². The van der Waals surface area contributed by atoms with Gasteiger partial charge >= 0.3 is 0 Å². The van der Waals surface area contributed by atoms with Gasteiger partial charge in [-0.05, 0) is 54.1 Å². The van der Waals surface area contributed by atoms with Crippen LogP contribution in [0.1, 0.15) is 48.6 Å². The van der Waals surface area contributed by atoms with Gasteiger partial charge < -0.3 is 19.5 Å². The Balaban J connectivity index is 1.57. The molecule has 0 bridgehead atoms. The van der Waals surface area contributed by atoms with E-state index in [4.69, 9.17) is 14.2 Å². The molecule has 3 aromatic rings. The van der Waals surface area contributed by atoms with Gasteiger partial charge in [-0.3, -0.25) is 14.5 Å². The predicted molar refractivity (Wildman–Crippen MR) is 144 cm³/mol. The second kappa shape index (κ2) is 11.7. The molecule has 2 amide bonds. The highest BCUT2D eigenvalue weighted by Crippen LogP contribution is 2.38. The number of amides is 2. The predicted octanol–water partition coefficient (Wildman–Crippen LogP) is 5.29. The van der Waals surface area contributed by atoms with Crippen molar-refractivity contribution in [1.82, 2.24) is 5.32 Å². The zero-order valence-corrected chi connectivity index (χ0v) is 21.8. The third kappa shape index (κ3) is 5.91.